The highest BCUT2D eigenvalue weighted by molar-refractivity contribution is 7.17. The van der Waals surface area contributed by atoms with Gasteiger partial charge >= 0.3 is 0 Å². The Bertz CT molecular complexity index is 934. The average Bonchev–Trinajstić information content (AvgIpc) is 3.01. The van der Waals surface area contributed by atoms with E-state index in [-0.39, 0.29) is 5.91 Å². The number of hydrogen-bond donors (Lipinski definition) is 1. The van der Waals surface area contributed by atoms with Gasteiger partial charge in [0.05, 0.1) is 11.9 Å². The van der Waals surface area contributed by atoms with E-state index in [1.54, 1.807) is 17.7 Å². The van der Waals surface area contributed by atoms with Gasteiger partial charge in [0.2, 0.25) is 5.91 Å². The van der Waals surface area contributed by atoms with Crippen LogP contribution in [-0.2, 0) is 4.79 Å². The number of rotatable bonds is 2. The molecule has 1 saturated heterocycles. The van der Waals surface area contributed by atoms with Crippen molar-refractivity contribution < 1.29 is 4.79 Å². The number of piperazine rings is 1. The first-order chi connectivity index (χ1) is 11.6. The van der Waals surface area contributed by atoms with Crippen LogP contribution in [0.15, 0.2) is 29.9 Å². The fourth-order valence-corrected chi connectivity index (χ4v) is 3.95. The number of nitrogens with zero attached hydrogens (tertiary/aromatic N) is 3. The van der Waals surface area contributed by atoms with Gasteiger partial charge in [-0.3, -0.25) is 4.79 Å². The zero-order chi connectivity index (χ0) is 16.7. The second-order valence-electron chi connectivity index (χ2n) is 6.10. The molecule has 4 rings (SSSR count). The van der Waals surface area contributed by atoms with Crippen LogP contribution in [0.4, 0.5) is 5.82 Å². The summed E-state index contributed by atoms with van der Waals surface area (Å²) < 4.78 is 0. The van der Waals surface area contributed by atoms with Gasteiger partial charge in [-0.25, -0.2) is 9.97 Å². The van der Waals surface area contributed by atoms with E-state index in [2.05, 4.69) is 52.7 Å². The van der Waals surface area contributed by atoms with Crippen LogP contribution in [0.2, 0.25) is 0 Å². The quantitative estimate of drug-likeness (QED) is 0.780. The van der Waals surface area contributed by atoms with Gasteiger partial charge in [-0.15, -0.1) is 11.3 Å². The number of anilines is 1. The third-order valence-corrected chi connectivity index (χ3v) is 5.39. The fraction of sp³-hybridized carbons (Fsp3) is 0.278. The van der Waals surface area contributed by atoms with Crippen molar-refractivity contribution in [2.24, 2.45) is 0 Å². The van der Waals surface area contributed by atoms with Gasteiger partial charge in [0, 0.05) is 24.0 Å². The van der Waals surface area contributed by atoms with Crippen molar-refractivity contribution in [1.82, 2.24) is 15.3 Å². The summed E-state index contributed by atoms with van der Waals surface area (Å²) in [5.74, 6) is 0.889. The number of thiophene rings is 1. The van der Waals surface area contributed by atoms with Gasteiger partial charge in [-0.05, 0) is 30.5 Å². The third-order valence-electron chi connectivity index (χ3n) is 4.51. The SMILES string of the molecule is Cc1ccc(-c2csc3ncnc(N4CCNC(=O)C4)c23)cc1C. The van der Waals surface area contributed by atoms with E-state index < -0.39 is 0 Å². The predicted molar refractivity (Wildman–Crippen MR) is 97.5 cm³/mol. The van der Waals surface area contributed by atoms with E-state index in [4.69, 9.17) is 0 Å². The molecule has 0 bridgehead atoms. The van der Waals surface area contributed by atoms with Crippen molar-refractivity contribution in [2.75, 3.05) is 24.5 Å². The minimum Gasteiger partial charge on any atom is -0.353 e. The molecule has 1 aromatic carbocycles. The van der Waals surface area contributed by atoms with Crippen molar-refractivity contribution in [2.45, 2.75) is 13.8 Å². The van der Waals surface area contributed by atoms with Crippen LogP contribution in [0.25, 0.3) is 21.3 Å². The largest absolute Gasteiger partial charge is 0.353 e. The summed E-state index contributed by atoms with van der Waals surface area (Å²) in [4.78, 5) is 23.7. The molecule has 5 nitrogen and oxygen atoms in total. The summed E-state index contributed by atoms with van der Waals surface area (Å²) in [5.41, 5.74) is 4.85. The number of hydrogen-bond acceptors (Lipinski definition) is 5. The summed E-state index contributed by atoms with van der Waals surface area (Å²) in [6.45, 7) is 5.99. The average molecular weight is 338 g/mol. The van der Waals surface area contributed by atoms with Crippen molar-refractivity contribution >= 4 is 33.3 Å². The van der Waals surface area contributed by atoms with Gasteiger partial charge in [0.1, 0.15) is 17.0 Å². The number of aryl methyl sites for hydroxylation is 2. The van der Waals surface area contributed by atoms with E-state index in [9.17, 15) is 4.79 Å². The first-order valence-corrected chi connectivity index (χ1v) is 8.83. The fourth-order valence-electron chi connectivity index (χ4n) is 3.04. The van der Waals surface area contributed by atoms with Crippen molar-refractivity contribution in [1.29, 1.82) is 0 Å². The lowest BCUT2D eigenvalue weighted by Gasteiger charge is -2.28. The second-order valence-corrected chi connectivity index (χ2v) is 6.96. The molecule has 1 fully saturated rings. The Hall–Kier alpha value is -2.47. The number of carbonyl (C=O) groups excluding carboxylic acids is 1. The number of benzene rings is 1. The molecule has 24 heavy (non-hydrogen) atoms. The van der Waals surface area contributed by atoms with Crippen LogP contribution in [-0.4, -0.2) is 35.5 Å². The molecule has 0 unspecified atom stereocenters. The maximum Gasteiger partial charge on any atom is 0.239 e. The lowest BCUT2D eigenvalue weighted by atomic mass is 10.0. The summed E-state index contributed by atoms with van der Waals surface area (Å²) in [6.07, 6.45) is 1.59. The van der Waals surface area contributed by atoms with Crippen LogP contribution in [0.5, 0.6) is 0 Å². The van der Waals surface area contributed by atoms with Gasteiger partial charge in [0.25, 0.3) is 0 Å². The zero-order valence-corrected chi connectivity index (χ0v) is 14.5. The predicted octanol–water partition coefficient (Wildman–Crippen LogP) is 2.91. The highest BCUT2D eigenvalue weighted by atomic mass is 32.1. The highest BCUT2D eigenvalue weighted by Crippen LogP contribution is 2.38. The number of fused-ring (bicyclic) bond motifs is 1. The van der Waals surface area contributed by atoms with Gasteiger partial charge < -0.3 is 10.2 Å². The minimum absolute atomic E-state index is 0.0379. The number of nitrogens with one attached hydrogen (secondary N) is 1. The summed E-state index contributed by atoms with van der Waals surface area (Å²) in [6, 6.07) is 6.49. The molecule has 0 aliphatic carbocycles. The smallest absolute Gasteiger partial charge is 0.239 e. The van der Waals surface area contributed by atoms with Crippen LogP contribution in [0, 0.1) is 13.8 Å². The summed E-state index contributed by atoms with van der Waals surface area (Å²) in [5, 5.41) is 6.04. The molecule has 0 saturated carbocycles. The maximum absolute atomic E-state index is 11.8. The minimum atomic E-state index is 0.0379. The lowest BCUT2D eigenvalue weighted by Crippen LogP contribution is -2.48. The van der Waals surface area contributed by atoms with Gasteiger partial charge in [-0.2, -0.15) is 0 Å². The Morgan fingerprint density at radius 2 is 2.08 bits per heavy atom. The van der Waals surface area contributed by atoms with E-state index in [0.29, 0.717) is 13.1 Å². The molecule has 0 atom stereocenters. The highest BCUT2D eigenvalue weighted by Gasteiger charge is 2.22. The van der Waals surface area contributed by atoms with Gasteiger partial charge in [0.15, 0.2) is 0 Å². The molecule has 2 aromatic heterocycles. The number of amides is 1. The van der Waals surface area contributed by atoms with Crippen LogP contribution in [0.3, 0.4) is 0 Å². The Morgan fingerprint density at radius 3 is 2.88 bits per heavy atom. The van der Waals surface area contributed by atoms with Crippen LogP contribution in [0.1, 0.15) is 11.1 Å². The first kappa shape index (κ1) is 15.1. The summed E-state index contributed by atoms with van der Waals surface area (Å²) >= 11 is 1.62. The number of carbonyl (C=O) groups is 1. The molecule has 1 N–H and O–H groups in total. The normalized spacial score (nSPS) is 14.9. The molecule has 3 heterocycles. The van der Waals surface area contributed by atoms with Crippen LogP contribution < -0.4 is 10.2 Å². The molecule has 1 aliphatic rings. The Morgan fingerprint density at radius 1 is 1.21 bits per heavy atom. The monoisotopic (exact) mass is 338 g/mol. The number of aromatic nitrogens is 2. The van der Waals surface area contributed by atoms with Crippen LogP contribution >= 0.6 is 11.3 Å². The topological polar surface area (TPSA) is 58.1 Å². The Labute approximate surface area is 144 Å². The molecule has 122 valence electrons. The second kappa shape index (κ2) is 5.87. The van der Waals surface area contributed by atoms with E-state index in [1.165, 1.54) is 16.7 Å². The van der Waals surface area contributed by atoms with Crippen molar-refractivity contribution in [3.63, 3.8) is 0 Å². The van der Waals surface area contributed by atoms with E-state index in [0.717, 1.165) is 28.1 Å². The molecular weight excluding hydrogens is 320 g/mol. The molecule has 1 aliphatic heterocycles. The first-order valence-electron chi connectivity index (χ1n) is 7.95. The van der Waals surface area contributed by atoms with E-state index in [1.807, 2.05) is 4.90 Å². The van der Waals surface area contributed by atoms with Gasteiger partial charge in [-0.1, -0.05) is 18.2 Å². The molecule has 3 aromatic rings. The lowest BCUT2D eigenvalue weighted by molar-refractivity contribution is -0.120. The van der Waals surface area contributed by atoms with E-state index >= 15 is 0 Å². The summed E-state index contributed by atoms with van der Waals surface area (Å²) in [7, 11) is 0. The van der Waals surface area contributed by atoms with Crippen molar-refractivity contribution in [3.05, 3.63) is 41.0 Å². The van der Waals surface area contributed by atoms with Crippen molar-refractivity contribution in [3.8, 4) is 11.1 Å². The standard InChI is InChI=1S/C18H18N4OS/c1-11-3-4-13(7-12(11)2)14-9-24-18-16(14)17(20-10-21-18)22-6-5-19-15(23)8-22/h3-4,7,9-10H,5-6,8H2,1-2H3,(H,19,23). The molecule has 0 radical (unpaired) electrons. The maximum atomic E-state index is 11.8. The Kier molecular flexibility index (Phi) is 3.69. The molecular formula is C18H18N4OS. The zero-order valence-electron chi connectivity index (χ0n) is 13.7. The molecule has 6 heteroatoms. The molecule has 1 amide bonds. The third kappa shape index (κ3) is 2.53. The molecule has 0 spiro atoms. The Balaban J connectivity index is 1.88.